The predicted molar refractivity (Wildman–Crippen MR) is 64.4 cm³/mol. The third-order valence-corrected chi connectivity index (χ3v) is 3.05. The summed E-state index contributed by atoms with van der Waals surface area (Å²) >= 11 is 0. The van der Waals surface area contributed by atoms with E-state index in [2.05, 4.69) is 23.3 Å². The normalized spacial score (nSPS) is 25.6. The van der Waals surface area contributed by atoms with Crippen LogP contribution < -0.4 is 5.32 Å². The number of hydrogen-bond acceptors (Lipinski definition) is 3. The molecule has 1 fully saturated rings. The van der Waals surface area contributed by atoms with E-state index in [-0.39, 0.29) is 0 Å². The first-order valence-corrected chi connectivity index (χ1v) is 6.08. The number of pyridine rings is 1. The third-order valence-electron chi connectivity index (χ3n) is 3.05. The lowest BCUT2D eigenvalue weighted by Gasteiger charge is -2.28. The molecule has 2 unspecified atom stereocenters. The van der Waals surface area contributed by atoms with Gasteiger partial charge < -0.3 is 10.1 Å². The second-order valence-corrected chi connectivity index (χ2v) is 4.47. The van der Waals surface area contributed by atoms with Gasteiger partial charge in [0.05, 0.1) is 6.10 Å². The van der Waals surface area contributed by atoms with Gasteiger partial charge in [-0.25, -0.2) is 0 Å². The highest BCUT2D eigenvalue weighted by molar-refractivity contribution is 5.08. The summed E-state index contributed by atoms with van der Waals surface area (Å²) in [6.07, 6.45) is 7.49. The van der Waals surface area contributed by atoms with Gasteiger partial charge in [0.2, 0.25) is 0 Å². The molecule has 3 heteroatoms. The van der Waals surface area contributed by atoms with E-state index in [1.807, 2.05) is 18.5 Å². The van der Waals surface area contributed by atoms with E-state index in [1.54, 1.807) is 0 Å². The number of aromatic nitrogens is 1. The van der Waals surface area contributed by atoms with Gasteiger partial charge in [-0.2, -0.15) is 0 Å². The minimum atomic E-state index is 0.407. The van der Waals surface area contributed by atoms with E-state index in [9.17, 15) is 0 Å². The van der Waals surface area contributed by atoms with E-state index in [0.717, 1.165) is 32.4 Å². The first kappa shape index (κ1) is 11.6. The Labute approximate surface area is 97.2 Å². The molecular formula is C13H20N2O. The molecule has 0 saturated carbocycles. The molecule has 0 radical (unpaired) electrons. The van der Waals surface area contributed by atoms with Crippen LogP contribution in [0.25, 0.3) is 0 Å². The molecule has 1 aliphatic heterocycles. The van der Waals surface area contributed by atoms with Gasteiger partial charge in [-0.05, 0) is 44.4 Å². The molecule has 0 bridgehead atoms. The van der Waals surface area contributed by atoms with Crippen molar-refractivity contribution in [1.82, 2.24) is 10.3 Å². The summed E-state index contributed by atoms with van der Waals surface area (Å²) in [7, 11) is 0. The van der Waals surface area contributed by atoms with E-state index < -0.39 is 0 Å². The van der Waals surface area contributed by atoms with Gasteiger partial charge >= 0.3 is 0 Å². The van der Waals surface area contributed by atoms with E-state index >= 15 is 0 Å². The topological polar surface area (TPSA) is 34.2 Å². The zero-order chi connectivity index (χ0) is 11.2. The summed E-state index contributed by atoms with van der Waals surface area (Å²) in [5.41, 5.74) is 1.30. The number of rotatable bonds is 4. The van der Waals surface area contributed by atoms with Crippen molar-refractivity contribution in [3.8, 4) is 0 Å². The van der Waals surface area contributed by atoms with Crippen LogP contribution in [0.2, 0.25) is 0 Å². The summed E-state index contributed by atoms with van der Waals surface area (Å²) in [6, 6.07) is 4.74. The Morgan fingerprint density at radius 2 is 2.50 bits per heavy atom. The maximum absolute atomic E-state index is 5.52. The maximum Gasteiger partial charge on any atom is 0.0561 e. The highest BCUT2D eigenvalue weighted by Crippen LogP contribution is 2.12. The molecule has 1 saturated heterocycles. The van der Waals surface area contributed by atoms with Crippen LogP contribution in [-0.4, -0.2) is 30.3 Å². The molecule has 88 valence electrons. The Bertz CT molecular complexity index is 302. The largest absolute Gasteiger partial charge is 0.378 e. The monoisotopic (exact) mass is 220 g/mol. The summed E-state index contributed by atoms with van der Waals surface area (Å²) in [5.74, 6) is 0. The molecule has 1 N–H and O–H groups in total. The van der Waals surface area contributed by atoms with Crippen LogP contribution in [0.15, 0.2) is 24.5 Å². The van der Waals surface area contributed by atoms with Gasteiger partial charge in [-0.3, -0.25) is 4.98 Å². The number of nitrogens with zero attached hydrogens (tertiary/aromatic N) is 1. The fraction of sp³-hybridized carbons (Fsp3) is 0.615. The van der Waals surface area contributed by atoms with Crippen LogP contribution in [-0.2, 0) is 11.2 Å². The Kier molecular flexibility index (Phi) is 4.31. The Hall–Kier alpha value is -0.930. The van der Waals surface area contributed by atoms with Crippen LogP contribution in [0.4, 0.5) is 0 Å². The minimum absolute atomic E-state index is 0.407. The Morgan fingerprint density at radius 1 is 1.56 bits per heavy atom. The Balaban J connectivity index is 1.68. The standard InChI is InChI=1S/C13H20N2O/c1-11-9-13(5-8-16-11)15-7-4-12-3-2-6-14-10-12/h2-3,6,10-11,13,15H,4-5,7-9H2,1H3. The summed E-state index contributed by atoms with van der Waals surface area (Å²) in [4.78, 5) is 4.11. The van der Waals surface area contributed by atoms with Crippen molar-refractivity contribution in [1.29, 1.82) is 0 Å². The van der Waals surface area contributed by atoms with Crippen molar-refractivity contribution in [2.75, 3.05) is 13.2 Å². The number of nitrogens with one attached hydrogen (secondary N) is 1. The van der Waals surface area contributed by atoms with Gasteiger partial charge in [0.15, 0.2) is 0 Å². The predicted octanol–water partition coefficient (Wildman–Crippen LogP) is 1.78. The third kappa shape index (κ3) is 3.58. The molecule has 3 nitrogen and oxygen atoms in total. The first-order valence-electron chi connectivity index (χ1n) is 6.08. The smallest absolute Gasteiger partial charge is 0.0561 e. The lowest BCUT2D eigenvalue weighted by Crippen LogP contribution is -2.38. The summed E-state index contributed by atoms with van der Waals surface area (Å²) in [5, 5.41) is 3.59. The van der Waals surface area contributed by atoms with Crippen LogP contribution in [0, 0.1) is 0 Å². The van der Waals surface area contributed by atoms with Gasteiger partial charge in [0.25, 0.3) is 0 Å². The van der Waals surface area contributed by atoms with Crippen molar-refractivity contribution in [2.45, 2.75) is 38.3 Å². The molecule has 1 aromatic rings. The summed E-state index contributed by atoms with van der Waals surface area (Å²) in [6.45, 7) is 4.07. The molecule has 0 spiro atoms. The molecule has 16 heavy (non-hydrogen) atoms. The highest BCUT2D eigenvalue weighted by atomic mass is 16.5. The first-order chi connectivity index (χ1) is 7.84. The van der Waals surface area contributed by atoms with Crippen molar-refractivity contribution in [3.05, 3.63) is 30.1 Å². The van der Waals surface area contributed by atoms with Crippen molar-refractivity contribution in [2.24, 2.45) is 0 Å². The number of ether oxygens (including phenoxy) is 1. The molecular weight excluding hydrogens is 200 g/mol. The summed E-state index contributed by atoms with van der Waals surface area (Å²) < 4.78 is 5.52. The van der Waals surface area contributed by atoms with Crippen LogP contribution in [0.1, 0.15) is 25.3 Å². The molecule has 0 aromatic carbocycles. The average Bonchev–Trinajstić information content (AvgIpc) is 2.30. The van der Waals surface area contributed by atoms with Crippen molar-refractivity contribution < 1.29 is 4.74 Å². The molecule has 1 aliphatic rings. The van der Waals surface area contributed by atoms with Gasteiger partial charge in [-0.1, -0.05) is 6.07 Å². The lowest BCUT2D eigenvalue weighted by atomic mass is 10.0. The van der Waals surface area contributed by atoms with Gasteiger partial charge in [-0.15, -0.1) is 0 Å². The van der Waals surface area contributed by atoms with Crippen LogP contribution in [0.3, 0.4) is 0 Å². The van der Waals surface area contributed by atoms with E-state index in [0.29, 0.717) is 12.1 Å². The zero-order valence-corrected chi connectivity index (χ0v) is 9.86. The zero-order valence-electron chi connectivity index (χ0n) is 9.86. The molecule has 1 aromatic heterocycles. The second-order valence-electron chi connectivity index (χ2n) is 4.47. The van der Waals surface area contributed by atoms with Gasteiger partial charge in [0, 0.05) is 25.0 Å². The SMILES string of the molecule is CC1CC(NCCc2cccnc2)CCO1. The molecule has 2 rings (SSSR count). The minimum Gasteiger partial charge on any atom is -0.378 e. The van der Waals surface area contributed by atoms with E-state index in [4.69, 9.17) is 4.74 Å². The molecule has 2 heterocycles. The number of hydrogen-bond donors (Lipinski definition) is 1. The van der Waals surface area contributed by atoms with E-state index in [1.165, 1.54) is 5.56 Å². The fourth-order valence-corrected chi connectivity index (χ4v) is 2.15. The fourth-order valence-electron chi connectivity index (χ4n) is 2.15. The maximum atomic E-state index is 5.52. The van der Waals surface area contributed by atoms with Crippen molar-refractivity contribution in [3.63, 3.8) is 0 Å². The van der Waals surface area contributed by atoms with Gasteiger partial charge in [0.1, 0.15) is 0 Å². The molecule has 0 amide bonds. The molecule has 0 aliphatic carbocycles. The second kappa shape index (κ2) is 5.97. The highest BCUT2D eigenvalue weighted by Gasteiger charge is 2.18. The lowest BCUT2D eigenvalue weighted by molar-refractivity contribution is 0.0135. The molecule has 2 atom stereocenters. The quantitative estimate of drug-likeness (QED) is 0.840. The Morgan fingerprint density at radius 3 is 3.25 bits per heavy atom. The van der Waals surface area contributed by atoms with Crippen LogP contribution >= 0.6 is 0 Å². The van der Waals surface area contributed by atoms with Crippen LogP contribution in [0.5, 0.6) is 0 Å². The van der Waals surface area contributed by atoms with Crippen molar-refractivity contribution >= 4 is 0 Å². The average molecular weight is 220 g/mol.